The Labute approximate surface area is 108 Å². The summed E-state index contributed by atoms with van der Waals surface area (Å²) in [5, 5.41) is 2.87. The van der Waals surface area contributed by atoms with E-state index in [2.05, 4.69) is 13.7 Å². The lowest BCUT2D eigenvalue weighted by Gasteiger charge is -2.27. The number of aliphatic imine (C=N–C) groups is 1. The molecule has 7 heteroatoms. The minimum atomic E-state index is -0.0241. The molecule has 2 rings (SSSR count). The zero-order valence-corrected chi connectivity index (χ0v) is 10.8. The molecule has 0 amide bonds. The van der Waals surface area contributed by atoms with Crippen LogP contribution in [0.15, 0.2) is 22.4 Å². The fourth-order valence-electron chi connectivity index (χ4n) is 1.82. The number of rotatable bonds is 3. The lowest BCUT2D eigenvalue weighted by atomic mass is 10.2. The molecule has 0 spiro atoms. The van der Waals surface area contributed by atoms with E-state index in [-0.39, 0.29) is 18.9 Å². The van der Waals surface area contributed by atoms with E-state index in [9.17, 15) is 4.91 Å². The summed E-state index contributed by atoms with van der Waals surface area (Å²) in [7, 11) is 0. The van der Waals surface area contributed by atoms with Crippen molar-refractivity contribution in [3.05, 3.63) is 17.2 Å². The lowest BCUT2D eigenvalue weighted by Crippen LogP contribution is -2.34. The van der Waals surface area contributed by atoms with Crippen LogP contribution in [0.25, 0.3) is 0 Å². The third kappa shape index (κ3) is 2.70. The van der Waals surface area contributed by atoms with Crippen LogP contribution in [0.2, 0.25) is 0 Å². The normalized spacial score (nSPS) is 29.1. The lowest BCUT2D eigenvalue weighted by molar-refractivity contribution is -0.0286. The van der Waals surface area contributed by atoms with Gasteiger partial charge in [0.15, 0.2) is 0 Å². The van der Waals surface area contributed by atoms with Gasteiger partial charge in [-0.1, -0.05) is 5.18 Å². The van der Waals surface area contributed by atoms with E-state index in [4.69, 9.17) is 4.74 Å². The van der Waals surface area contributed by atoms with Crippen molar-refractivity contribution in [1.29, 1.82) is 0 Å². The molecule has 1 N–H and O–H groups in total. The van der Waals surface area contributed by atoms with Crippen LogP contribution in [-0.2, 0) is 4.74 Å². The number of ether oxygens (including phenoxy) is 1. The second-order valence-corrected chi connectivity index (χ2v) is 4.25. The summed E-state index contributed by atoms with van der Waals surface area (Å²) in [5.74, 6) is 0.862. The highest BCUT2D eigenvalue weighted by Gasteiger charge is 2.29. The number of halogens is 1. The van der Waals surface area contributed by atoms with E-state index in [1.54, 1.807) is 0 Å². The summed E-state index contributed by atoms with van der Waals surface area (Å²) in [5.41, 5.74) is 0. The zero-order chi connectivity index (χ0) is 11.4. The molecule has 2 aliphatic rings. The molecule has 16 heavy (non-hydrogen) atoms. The van der Waals surface area contributed by atoms with Crippen LogP contribution in [0.3, 0.4) is 0 Å². The van der Waals surface area contributed by atoms with Gasteiger partial charge in [-0.3, -0.25) is 0 Å². The minimum absolute atomic E-state index is 0.0241. The van der Waals surface area contributed by atoms with Gasteiger partial charge in [-0.25, -0.2) is 4.99 Å². The molecular formula is C9H13IN4O2. The molecule has 2 aliphatic heterocycles. The number of nitrogens with zero attached hydrogens (tertiary/aromatic N) is 3. The maximum absolute atomic E-state index is 10.1. The molecule has 1 fully saturated rings. The molecule has 0 saturated carbocycles. The molecule has 0 bridgehead atoms. The van der Waals surface area contributed by atoms with Gasteiger partial charge >= 0.3 is 0 Å². The first-order valence-corrected chi connectivity index (χ1v) is 6.21. The molecular weight excluding hydrogens is 323 g/mol. The van der Waals surface area contributed by atoms with E-state index >= 15 is 0 Å². The highest BCUT2D eigenvalue weighted by atomic mass is 127. The highest BCUT2D eigenvalue weighted by molar-refractivity contribution is 14.1. The summed E-state index contributed by atoms with van der Waals surface area (Å²) >= 11 is 2.05. The Morgan fingerprint density at radius 2 is 2.56 bits per heavy atom. The van der Waals surface area contributed by atoms with Crippen LogP contribution in [0, 0.1) is 4.91 Å². The first-order valence-electron chi connectivity index (χ1n) is 5.13. The Morgan fingerprint density at radius 1 is 1.69 bits per heavy atom. The van der Waals surface area contributed by atoms with Crippen molar-refractivity contribution in [2.45, 2.75) is 25.2 Å². The van der Waals surface area contributed by atoms with Gasteiger partial charge in [-0.05, 0) is 18.9 Å². The average molecular weight is 336 g/mol. The summed E-state index contributed by atoms with van der Waals surface area (Å²) < 4.78 is 8.65. The van der Waals surface area contributed by atoms with Crippen LogP contribution >= 0.6 is 22.9 Å². The monoisotopic (exact) mass is 336 g/mol. The van der Waals surface area contributed by atoms with Crippen LogP contribution in [-0.4, -0.2) is 36.3 Å². The molecule has 88 valence electrons. The molecule has 2 heterocycles. The molecule has 6 nitrogen and oxygen atoms in total. The van der Waals surface area contributed by atoms with Gasteiger partial charge in [0.25, 0.3) is 0 Å². The van der Waals surface area contributed by atoms with E-state index in [1.807, 2.05) is 40.0 Å². The van der Waals surface area contributed by atoms with Crippen molar-refractivity contribution in [1.82, 2.24) is 8.43 Å². The first-order chi connectivity index (χ1) is 7.83. The third-order valence-electron chi connectivity index (χ3n) is 2.66. The first kappa shape index (κ1) is 11.8. The smallest absolute Gasteiger partial charge is 0.133 e. The number of nitroso groups, excluding NO2 is 1. The highest BCUT2D eigenvalue weighted by Crippen LogP contribution is 2.23. The van der Waals surface area contributed by atoms with Gasteiger partial charge in [0.2, 0.25) is 0 Å². The predicted molar refractivity (Wildman–Crippen MR) is 69.0 cm³/mol. The van der Waals surface area contributed by atoms with Crippen molar-refractivity contribution in [2.75, 3.05) is 13.2 Å². The summed E-state index contributed by atoms with van der Waals surface area (Å²) in [6.45, 7) is 0.839. The number of hydrogen-bond acceptors (Lipinski definition) is 6. The Balaban J connectivity index is 1.85. The van der Waals surface area contributed by atoms with Crippen molar-refractivity contribution in [2.24, 2.45) is 10.2 Å². The van der Waals surface area contributed by atoms with Gasteiger partial charge in [-0.15, -0.1) is 0 Å². The van der Waals surface area contributed by atoms with Crippen molar-refractivity contribution in [3.63, 3.8) is 0 Å². The van der Waals surface area contributed by atoms with Gasteiger partial charge in [-0.2, -0.15) is 4.91 Å². The Hall–Kier alpha value is -0.700. The summed E-state index contributed by atoms with van der Waals surface area (Å²) in [6.07, 6.45) is 5.70. The third-order valence-corrected chi connectivity index (χ3v) is 3.21. The van der Waals surface area contributed by atoms with E-state index in [0.717, 1.165) is 18.7 Å². The van der Waals surface area contributed by atoms with Crippen molar-refractivity contribution < 1.29 is 4.74 Å². The maximum Gasteiger partial charge on any atom is 0.133 e. The molecule has 0 aromatic heterocycles. The average Bonchev–Trinajstić information content (AvgIpc) is 2.78. The maximum atomic E-state index is 10.1. The van der Waals surface area contributed by atoms with Crippen LogP contribution in [0.1, 0.15) is 12.8 Å². The standard InChI is InChI=1S/C9H13IN4O2/c10-13-8-3-4-14(6-11-8)9-2-1-7(16-9)5-12-15/h3-4,7,9H,1-2,5-6H2,(H,11,13)/t7-,9+/m1/s1. The molecule has 0 aromatic rings. The number of hydrogen-bond donors (Lipinski definition) is 1. The fraction of sp³-hybridized carbons (Fsp3) is 0.667. The largest absolute Gasteiger partial charge is 0.353 e. The molecule has 0 unspecified atom stereocenters. The van der Waals surface area contributed by atoms with Gasteiger partial charge < -0.3 is 13.2 Å². The van der Waals surface area contributed by atoms with Gasteiger partial charge in [0, 0.05) is 6.20 Å². The minimum Gasteiger partial charge on any atom is -0.353 e. The zero-order valence-electron chi connectivity index (χ0n) is 8.67. The second kappa shape index (κ2) is 5.58. The number of amidine groups is 1. The topological polar surface area (TPSA) is 66.3 Å². The summed E-state index contributed by atoms with van der Waals surface area (Å²) in [6, 6.07) is 0. The Morgan fingerprint density at radius 3 is 3.19 bits per heavy atom. The van der Waals surface area contributed by atoms with E-state index in [1.165, 1.54) is 0 Å². The predicted octanol–water partition coefficient (Wildman–Crippen LogP) is 1.38. The quantitative estimate of drug-likeness (QED) is 0.480. The van der Waals surface area contributed by atoms with Gasteiger partial charge in [0.05, 0.1) is 29.0 Å². The second-order valence-electron chi connectivity index (χ2n) is 3.71. The van der Waals surface area contributed by atoms with Crippen LogP contribution < -0.4 is 3.53 Å². The molecule has 2 atom stereocenters. The Kier molecular flexibility index (Phi) is 4.10. The number of nitrogens with one attached hydrogen (secondary N) is 1. The summed E-state index contributed by atoms with van der Waals surface area (Å²) in [4.78, 5) is 16.5. The molecule has 1 saturated heterocycles. The van der Waals surface area contributed by atoms with Gasteiger partial charge in [0.1, 0.15) is 25.3 Å². The fourth-order valence-corrected chi connectivity index (χ4v) is 2.17. The van der Waals surface area contributed by atoms with Crippen LogP contribution in [0.5, 0.6) is 0 Å². The van der Waals surface area contributed by atoms with Crippen LogP contribution in [0.4, 0.5) is 0 Å². The Bertz CT molecular complexity index is 321. The van der Waals surface area contributed by atoms with Crippen molar-refractivity contribution >= 4 is 28.7 Å². The van der Waals surface area contributed by atoms with E-state index < -0.39 is 0 Å². The molecule has 0 aromatic carbocycles. The molecule has 0 radical (unpaired) electrons. The SMILES string of the molecule is O=NC[C@H]1CC[C@@H](N2C=CC(NI)=NC2)O1. The molecule has 0 aliphatic carbocycles. The van der Waals surface area contributed by atoms with Crippen molar-refractivity contribution in [3.8, 4) is 0 Å². The van der Waals surface area contributed by atoms with E-state index in [0.29, 0.717) is 6.67 Å².